The highest BCUT2D eigenvalue weighted by Crippen LogP contribution is 2.17. The number of unbranched alkanes of at least 4 members (excludes halogenated alkanes) is 33. The van der Waals surface area contributed by atoms with E-state index in [1.807, 2.05) is 21.1 Å². The van der Waals surface area contributed by atoms with E-state index in [9.17, 15) is 19.5 Å². The van der Waals surface area contributed by atoms with Crippen LogP contribution in [0.2, 0.25) is 0 Å². The van der Waals surface area contributed by atoms with Crippen molar-refractivity contribution in [3.8, 4) is 0 Å². The van der Waals surface area contributed by atoms with Crippen LogP contribution in [-0.2, 0) is 28.6 Å². The molecule has 0 bridgehead atoms. The highest BCUT2D eigenvalue weighted by Gasteiger charge is 2.25. The van der Waals surface area contributed by atoms with Crippen LogP contribution in [0.4, 0.5) is 0 Å². The van der Waals surface area contributed by atoms with Gasteiger partial charge in [0.1, 0.15) is 12.6 Å². The van der Waals surface area contributed by atoms with Gasteiger partial charge < -0.3 is 28.6 Å². The second-order valence-electron chi connectivity index (χ2n) is 20.2. The molecule has 0 spiro atoms. The second kappa shape index (κ2) is 48.3. The zero-order chi connectivity index (χ0) is 47.7. The Morgan fingerprint density at radius 1 is 0.462 bits per heavy atom. The molecular weight excluding hydrogens is 811 g/mol. The quantitative estimate of drug-likeness (QED) is 0.0259. The average Bonchev–Trinajstić information content (AvgIpc) is 3.27. The number of hydrogen-bond acceptors (Lipinski definition) is 7. The molecule has 0 saturated carbocycles. The third-order valence-electron chi connectivity index (χ3n) is 12.8. The summed E-state index contributed by atoms with van der Waals surface area (Å²) in [5.74, 6) is -1.72. The molecule has 0 aliphatic carbocycles. The van der Waals surface area contributed by atoms with E-state index in [1.54, 1.807) is 0 Å². The summed E-state index contributed by atoms with van der Waals surface area (Å²) >= 11 is 0. The van der Waals surface area contributed by atoms with Gasteiger partial charge in [-0.25, -0.2) is 0 Å². The van der Waals surface area contributed by atoms with Gasteiger partial charge in [0.25, 0.3) is 0 Å². The lowest BCUT2D eigenvalue weighted by Gasteiger charge is -2.34. The molecule has 2 atom stereocenters. The Morgan fingerprint density at radius 2 is 0.815 bits per heavy atom. The third-order valence-corrected chi connectivity index (χ3v) is 12.8. The number of ether oxygens (including phenoxy) is 3. The van der Waals surface area contributed by atoms with Crippen molar-refractivity contribution in [3.63, 3.8) is 0 Å². The molecule has 0 radical (unpaired) electrons. The number of nitrogens with zero attached hydrogens (tertiary/aromatic N) is 1. The van der Waals surface area contributed by atoms with Gasteiger partial charge in [0.15, 0.2) is 6.10 Å². The van der Waals surface area contributed by atoms with Crippen LogP contribution in [0.3, 0.4) is 0 Å². The molecule has 0 amide bonds. The number of aliphatic carboxylic acids is 1. The van der Waals surface area contributed by atoms with Crippen molar-refractivity contribution in [1.29, 1.82) is 0 Å². The standard InChI is InChI=1S/C57H107NO7/c1-6-8-10-12-14-16-18-20-22-24-26-27-28-29-30-32-33-35-37-39-41-43-45-47-55(59)64-52-53(51-63-50-49-54(57(61)62)58(3,4)5)65-56(60)48-46-44-42-40-38-36-34-31-25-23-21-19-17-15-13-11-9-7-2/h26-27,29-30,53-54H,6-25,28,31-52H2,1-5H3/b27-26+,30-29+. The third kappa shape index (κ3) is 46.7. The maximum atomic E-state index is 12.8. The SMILES string of the molecule is CCCCCCCCCCC/C=C/C/C=C/CCCCCCCCCC(=O)OCC(COCCC(C(=O)[O-])[N+](C)(C)C)OC(=O)CCCCCCCCCCCCCCCCCCCC. The molecule has 0 aromatic heterocycles. The number of carboxylic acid groups (broad SMARTS) is 1. The zero-order valence-electron chi connectivity index (χ0n) is 43.7. The Kier molecular flexibility index (Phi) is 46.6. The summed E-state index contributed by atoms with van der Waals surface area (Å²) in [6.07, 6.45) is 56.4. The molecule has 8 nitrogen and oxygen atoms in total. The summed E-state index contributed by atoms with van der Waals surface area (Å²) in [6, 6.07) is -0.725. The van der Waals surface area contributed by atoms with E-state index in [0.717, 1.165) is 51.4 Å². The van der Waals surface area contributed by atoms with Crippen LogP contribution in [0.1, 0.15) is 271 Å². The number of carbonyl (C=O) groups excluding carboxylic acids is 3. The molecule has 0 aliphatic rings. The van der Waals surface area contributed by atoms with E-state index in [0.29, 0.717) is 12.8 Å². The van der Waals surface area contributed by atoms with E-state index >= 15 is 0 Å². The number of esters is 2. The average molecular weight is 918 g/mol. The minimum Gasteiger partial charge on any atom is -0.544 e. The highest BCUT2D eigenvalue weighted by atomic mass is 16.6. The molecular formula is C57H107NO7. The zero-order valence-corrected chi connectivity index (χ0v) is 43.7. The van der Waals surface area contributed by atoms with Crippen molar-refractivity contribution in [2.24, 2.45) is 0 Å². The summed E-state index contributed by atoms with van der Waals surface area (Å²) in [5, 5.41) is 11.7. The van der Waals surface area contributed by atoms with Crippen LogP contribution in [-0.4, -0.2) is 75.5 Å². The topological polar surface area (TPSA) is 102 Å². The van der Waals surface area contributed by atoms with Crippen molar-refractivity contribution in [2.75, 3.05) is 41.0 Å². The number of allylic oxidation sites excluding steroid dienone is 4. The minimum absolute atomic E-state index is 0.0430. The number of carboxylic acids is 1. The number of quaternary nitrogens is 1. The van der Waals surface area contributed by atoms with Crippen LogP contribution < -0.4 is 5.11 Å². The van der Waals surface area contributed by atoms with Crippen molar-refractivity contribution in [1.82, 2.24) is 0 Å². The first kappa shape index (κ1) is 62.8. The molecule has 382 valence electrons. The van der Waals surface area contributed by atoms with Gasteiger partial charge in [0, 0.05) is 19.3 Å². The molecule has 0 saturated heterocycles. The van der Waals surface area contributed by atoms with E-state index in [2.05, 4.69) is 38.2 Å². The Labute approximate surface area is 402 Å². The maximum Gasteiger partial charge on any atom is 0.306 e. The van der Waals surface area contributed by atoms with Gasteiger partial charge in [0.05, 0.1) is 40.3 Å². The molecule has 0 N–H and O–H groups in total. The smallest absolute Gasteiger partial charge is 0.306 e. The summed E-state index contributed by atoms with van der Waals surface area (Å²) in [6.45, 7) is 4.71. The lowest BCUT2D eigenvalue weighted by atomic mass is 10.0. The van der Waals surface area contributed by atoms with Gasteiger partial charge in [0.2, 0.25) is 0 Å². The monoisotopic (exact) mass is 918 g/mol. The molecule has 0 aromatic carbocycles. The van der Waals surface area contributed by atoms with E-state index < -0.39 is 18.1 Å². The molecule has 0 fully saturated rings. The summed E-state index contributed by atoms with van der Waals surface area (Å²) in [5.41, 5.74) is 0. The lowest BCUT2D eigenvalue weighted by molar-refractivity contribution is -0.889. The first-order valence-electron chi connectivity index (χ1n) is 27.9. The first-order valence-corrected chi connectivity index (χ1v) is 27.9. The Hall–Kier alpha value is -2.19. The number of rotatable bonds is 51. The first-order chi connectivity index (χ1) is 31.6. The van der Waals surface area contributed by atoms with E-state index in [-0.39, 0.29) is 42.7 Å². The number of carbonyl (C=O) groups is 3. The summed E-state index contributed by atoms with van der Waals surface area (Å²) in [7, 11) is 5.43. The molecule has 8 heteroatoms. The fraction of sp³-hybridized carbons (Fsp3) is 0.877. The largest absolute Gasteiger partial charge is 0.544 e. The Morgan fingerprint density at radius 3 is 1.18 bits per heavy atom. The Bertz CT molecular complexity index is 1120. The van der Waals surface area contributed by atoms with Crippen molar-refractivity contribution in [2.45, 2.75) is 283 Å². The molecule has 0 rings (SSSR count). The predicted molar refractivity (Wildman–Crippen MR) is 273 cm³/mol. The predicted octanol–water partition coefficient (Wildman–Crippen LogP) is 15.0. The molecule has 0 aliphatic heterocycles. The van der Waals surface area contributed by atoms with Crippen LogP contribution in [0.5, 0.6) is 0 Å². The highest BCUT2D eigenvalue weighted by molar-refractivity contribution is 5.70. The van der Waals surface area contributed by atoms with E-state index in [1.165, 1.54) is 186 Å². The summed E-state index contributed by atoms with van der Waals surface area (Å²) < 4.78 is 17.3. The lowest BCUT2D eigenvalue weighted by Crippen LogP contribution is -2.55. The van der Waals surface area contributed by atoms with Crippen LogP contribution in [0, 0.1) is 0 Å². The fourth-order valence-electron chi connectivity index (χ4n) is 8.52. The van der Waals surface area contributed by atoms with Gasteiger partial charge in [-0.05, 0) is 44.9 Å². The minimum atomic E-state index is -1.12. The van der Waals surface area contributed by atoms with Crippen molar-refractivity contribution < 1.29 is 38.2 Å². The van der Waals surface area contributed by atoms with Gasteiger partial charge in [-0.1, -0.05) is 231 Å². The molecule has 0 aromatic rings. The molecule has 65 heavy (non-hydrogen) atoms. The molecule has 0 heterocycles. The molecule has 2 unspecified atom stereocenters. The normalized spacial score (nSPS) is 12.9. The van der Waals surface area contributed by atoms with Crippen LogP contribution in [0.15, 0.2) is 24.3 Å². The number of hydrogen-bond donors (Lipinski definition) is 0. The summed E-state index contributed by atoms with van der Waals surface area (Å²) in [4.78, 5) is 37.1. The van der Waals surface area contributed by atoms with Crippen LogP contribution in [0.25, 0.3) is 0 Å². The van der Waals surface area contributed by atoms with Gasteiger partial charge in [-0.2, -0.15) is 0 Å². The van der Waals surface area contributed by atoms with Gasteiger partial charge in [-0.15, -0.1) is 0 Å². The van der Waals surface area contributed by atoms with Gasteiger partial charge in [-0.3, -0.25) is 9.59 Å². The second-order valence-corrected chi connectivity index (χ2v) is 20.2. The fourth-order valence-corrected chi connectivity index (χ4v) is 8.52. The maximum absolute atomic E-state index is 12.8. The van der Waals surface area contributed by atoms with Crippen molar-refractivity contribution >= 4 is 17.9 Å². The Balaban J connectivity index is 4.18. The van der Waals surface area contributed by atoms with Crippen LogP contribution >= 0.6 is 0 Å². The van der Waals surface area contributed by atoms with E-state index in [4.69, 9.17) is 14.2 Å². The number of likely N-dealkylation sites (N-methyl/N-ethyl adjacent to an activating group) is 1. The van der Waals surface area contributed by atoms with Gasteiger partial charge >= 0.3 is 11.9 Å². The van der Waals surface area contributed by atoms with Crippen molar-refractivity contribution in [3.05, 3.63) is 24.3 Å².